The number of cyclic esters (lactones) is 1. The summed E-state index contributed by atoms with van der Waals surface area (Å²) in [5, 5.41) is 8.51. The van der Waals surface area contributed by atoms with E-state index in [-0.39, 0.29) is 42.4 Å². The van der Waals surface area contributed by atoms with Crippen molar-refractivity contribution >= 4 is 40.0 Å². The van der Waals surface area contributed by atoms with Gasteiger partial charge in [-0.15, -0.1) is 11.3 Å². The van der Waals surface area contributed by atoms with E-state index in [1.54, 1.807) is 13.3 Å². The van der Waals surface area contributed by atoms with Crippen LogP contribution in [0.5, 0.6) is 0 Å². The fourth-order valence-electron chi connectivity index (χ4n) is 11.8. The molecule has 2 saturated heterocycles. The zero-order valence-electron chi connectivity index (χ0n) is 41.1. The molecule has 1 aromatic carbocycles. The van der Waals surface area contributed by atoms with E-state index in [2.05, 4.69) is 73.7 Å². The summed E-state index contributed by atoms with van der Waals surface area (Å²) in [5.74, 6) is -1.19. The van der Waals surface area contributed by atoms with Gasteiger partial charge >= 0.3 is 5.97 Å². The zero-order chi connectivity index (χ0) is 48.3. The fourth-order valence-corrected chi connectivity index (χ4v) is 12.7. The maximum atomic E-state index is 15.2. The number of nitrogens with one attached hydrogen (secondary N) is 2. The van der Waals surface area contributed by atoms with Crippen LogP contribution in [0, 0.1) is 23.2 Å². The molecule has 4 aromatic heterocycles. The van der Waals surface area contributed by atoms with Crippen molar-refractivity contribution in [3.8, 4) is 22.5 Å². The second-order valence-electron chi connectivity index (χ2n) is 21.7. The third-order valence-electron chi connectivity index (χ3n) is 16.0. The first-order chi connectivity index (χ1) is 34.0. The van der Waals surface area contributed by atoms with Crippen LogP contribution in [0.4, 0.5) is 0 Å². The summed E-state index contributed by atoms with van der Waals surface area (Å²) in [7, 11) is 1.73. The minimum atomic E-state index is -1.14. The molecule has 5 aromatic rings. The molecule has 6 aliphatic rings. The Morgan fingerprint density at radius 2 is 1.84 bits per heavy atom. The minimum absolute atomic E-state index is 0.0125. The number of carbonyl (C=O) groups is 3. The van der Waals surface area contributed by atoms with Crippen molar-refractivity contribution in [1.29, 1.82) is 0 Å². The molecule has 7 atom stereocenters. The van der Waals surface area contributed by atoms with Gasteiger partial charge in [0, 0.05) is 95.5 Å². The molecule has 3 saturated carbocycles. The molecule has 11 rings (SSSR count). The number of hydrogen-bond acceptors (Lipinski definition) is 13. The molecule has 5 fully saturated rings. The standard InChI is InChI=1S/C54H67N9O6S/c1-31-44(40-19-21-55-30-57-40)45(31)50(64)59-47-49(68-27-33-11-7-6-8-12-33)51-58-42(28-70-51)34-15-18-43-38(23-34)39(24-54(3,4)29-69-53(66)41-14-10-22-62(60-41)52(47)65)48(37-13-9-20-56-46(37)32(2)67-5)63(43)36-25-61(26-36)35-16-17-35/h9,13,15,18-21,23,28,30-33,35-36,41,44-45,47,49,60H,6-8,10-12,14,16-17,22,24-27,29H2,1-5H3,(H,59,64)/t31-,32-,41-,44-,45+,47-,49-/m0/s1. The number of thiazole rings is 1. The van der Waals surface area contributed by atoms with Gasteiger partial charge in [-0.3, -0.25) is 29.3 Å². The lowest BCUT2D eigenvalue weighted by molar-refractivity contribution is -0.157. The molecule has 2 N–H and O–H groups in total. The highest BCUT2D eigenvalue weighted by Gasteiger charge is 2.54. The summed E-state index contributed by atoms with van der Waals surface area (Å²) in [4.78, 5) is 65.5. The van der Waals surface area contributed by atoms with E-state index in [1.165, 1.54) is 41.9 Å². The van der Waals surface area contributed by atoms with E-state index < -0.39 is 35.5 Å². The van der Waals surface area contributed by atoms with Gasteiger partial charge in [-0.1, -0.05) is 46.1 Å². The average molecular weight is 970 g/mol. The first-order valence-corrected chi connectivity index (χ1v) is 26.6. The van der Waals surface area contributed by atoms with Crippen molar-refractivity contribution in [2.45, 2.75) is 134 Å². The topological polar surface area (TPSA) is 166 Å². The van der Waals surface area contributed by atoms with Crippen LogP contribution >= 0.6 is 11.3 Å². The molecule has 70 heavy (non-hydrogen) atoms. The predicted octanol–water partition coefficient (Wildman–Crippen LogP) is 8.14. The minimum Gasteiger partial charge on any atom is -0.464 e. The van der Waals surface area contributed by atoms with Gasteiger partial charge in [0.05, 0.1) is 42.4 Å². The number of amides is 2. The number of ether oxygens (including phenoxy) is 3. The Morgan fingerprint density at radius 3 is 2.61 bits per heavy atom. The van der Waals surface area contributed by atoms with E-state index in [0.717, 1.165) is 89.1 Å². The van der Waals surface area contributed by atoms with Crippen LogP contribution in [0.15, 0.2) is 60.5 Å². The quantitative estimate of drug-likeness (QED) is 0.122. The average Bonchev–Trinajstić information content (AvgIpc) is 4.25. The summed E-state index contributed by atoms with van der Waals surface area (Å²) in [5.41, 5.74) is 10.6. The number of hydrogen-bond donors (Lipinski definition) is 2. The first-order valence-electron chi connectivity index (χ1n) is 25.7. The molecule has 6 bridgehead atoms. The molecule has 2 amide bonds. The molecular weight excluding hydrogens is 903 g/mol. The highest BCUT2D eigenvalue weighted by Crippen LogP contribution is 2.53. The number of methoxy groups -OCH3 is 1. The Bertz CT molecular complexity index is 2730. The molecule has 16 heteroatoms. The Balaban J connectivity index is 1.04. The zero-order valence-corrected chi connectivity index (χ0v) is 42.0. The number of esters is 1. The lowest BCUT2D eigenvalue weighted by Crippen LogP contribution is -2.61. The summed E-state index contributed by atoms with van der Waals surface area (Å²) in [6, 6.07) is 11.7. The van der Waals surface area contributed by atoms with Gasteiger partial charge in [-0.2, -0.15) is 0 Å². The van der Waals surface area contributed by atoms with E-state index in [0.29, 0.717) is 49.4 Å². The number of rotatable bonds is 11. The number of pyridine rings is 1. The Morgan fingerprint density at radius 1 is 1.01 bits per heavy atom. The van der Waals surface area contributed by atoms with Crippen molar-refractivity contribution in [2.24, 2.45) is 23.2 Å². The summed E-state index contributed by atoms with van der Waals surface area (Å²) < 4.78 is 21.8. The molecule has 0 radical (unpaired) electrons. The van der Waals surface area contributed by atoms with Gasteiger partial charge < -0.3 is 24.1 Å². The van der Waals surface area contributed by atoms with Gasteiger partial charge in [0.1, 0.15) is 29.5 Å². The van der Waals surface area contributed by atoms with Crippen LogP contribution in [0.2, 0.25) is 0 Å². The number of nitrogens with zero attached hydrogens (tertiary/aromatic N) is 7. The van der Waals surface area contributed by atoms with Crippen LogP contribution in [0.25, 0.3) is 33.4 Å². The van der Waals surface area contributed by atoms with Gasteiger partial charge in [0.2, 0.25) is 5.91 Å². The van der Waals surface area contributed by atoms with Crippen LogP contribution in [0.1, 0.15) is 132 Å². The largest absolute Gasteiger partial charge is 0.464 e. The molecule has 3 aliphatic heterocycles. The van der Waals surface area contributed by atoms with Gasteiger partial charge in [0.25, 0.3) is 5.91 Å². The van der Waals surface area contributed by atoms with Crippen LogP contribution in [0.3, 0.4) is 0 Å². The Labute approximate surface area is 414 Å². The first kappa shape index (κ1) is 47.2. The van der Waals surface area contributed by atoms with Gasteiger partial charge in [-0.25, -0.2) is 20.4 Å². The van der Waals surface area contributed by atoms with Crippen molar-refractivity contribution in [1.82, 2.24) is 45.2 Å². The molecule has 0 spiro atoms. The summed E-state index contributed by atoms with van der Waals surface area (Å²) in [6.45, 7) is 11.3. The lowest BCUT2D eigenvalue weighted by atomic mass is 9.84. The van der Waals surface area contributed by atoms with Gasteiger partial charge in [-0.05, 0) is 99.6 Å². The van der Waals surface area contributed by atoms with E-state index in [9.17, 15) is 9.59 Å². The lowest BCUT2D eigenvalue weighted by Gasteiger charge is -2.42. The molecule has 370 valence electrons. The molecule has 0 unspecified atom stereocenters. The highest BCUT2D eigenvalue weighted by atomic mass is 32.1. The molecular formula is C54H67N9O6S. The van der Waals surface area contributed by atoms with Crippen LogP contribution in [-0.4, -0.2) is 110 Å². The van der Waals surface area contributed by atoms with Crippen molar-refractivity contribution in [2.75, 3.05) is 40.0 Å². The van der Waals surface area contributed by atoms with E-state index >= 15 is 4.79 Å². The number of fused-ring (bicyclic) bond motifs is 6. The van der Waals surface area contributed by atoms with Crippen LogP contribution in [-0.2, 0) is 35.0 Å². The number of likely N-dealkylation sites (tertiary alicyclic amines) is 1. The number of carbonyl (C=O) groups excluding carboxylic acids is 3. The smallest absolute Gasteiger partial charge is 0.324 e. The maximum absolute atomic E-state index is 15.2. The number of benzene rings is 1. The second-order valence-corrected chi connectivity index (χ2v) is 22.6. The van der Waals surface area contributed by atoms with Crippen molar-refractivity contribution in [3.63, 3.8) is 0 Å². The second kappa shape index (κ2) is 19.5. The maximum Gasteiger partial charge on any atom is 0.324 e. The Hall–Kier alpha value is -5.13. The normalized spacial score (nSPS) is 27.1. The monoisotopic (exact) mass is 969 g/mol. The third kappa shape index (κ3) is 9.30. The van der Waals surface area contributed by atoms with E-state index in [1.807, 2.05) is 32.2 Å². The van der Waals surface area contributed by atoms with Crippen molar-refractivity contribution < 1.29 is 28.6 Å². The predicted molar refractivity (Wildman–Crippen MR) is 266 cm³/mol. The fraction of sp³-hybridized carbons (Fsp3) is 0.574. The number of aromatic nitrogens is 5. The van der Waals surface area contributed by atoms with Crippen molar-refractivity contribution in [3.05, 3.63) is 82.5 Å². The molecule has 7 heterocycles. The summed E-state index contributed by atoms with van der Waals surface area (Å²) in [6.07, 6.45) is 13.7. The molecule has 15 nitrogen and oxygen atoms in total. The van der Waals surface area contributed by atoms with Gasteiger partial charge in [0.15, 0.2) is 0 Å². The summed E-state index contributed by atoms with van der Waals surface area (Å²) >= 11 is 1.45. The highest BCUT2D eigenvalue weighted by molar-refractivity contribution is 7.10. The Kier molecular flexibility index (Phi) is 13.1. The van der Waals surface area contributed by atoms with Crippen LogP contribution < -0.4 is 10.7 Å². The number of hydrazine groups is 1. The molecule has 3 aliphatic carbocycles. The SMILES string of the molecule is CO[C@@H](C)c1ncccc1-c1c2c3cc(ccc3n1C1CN(C3CC3)C1)-c1csc(n1)[C@@H](OCC1CCCCC1)[C@H](NC(=O)[C@@H]1[C@@H](C)[C@H]1c1ccncn1)C(=O)N1CCC[C@H](N1)C(=O)OCC(C)(C)C2. The van der Waals surface area contributed by atoms with E-state index in [4.69, 9.17) is 24.2 Å². The third-order valence-corrected chi connectivity index (χ3v) is 17.0.